The molecule has 0 aliphatic heterocycles. The molecule has 0 heterocycles. The molecule has 1 rings (SSSR count). The highest BCUT2D eigenvalue weighted by Gasteiger charge is 1.97. The molecule has 0 unspecified atom stereocenters. The second-order valence-electron chi connectivity index (χ2n) is 2.46. The van der Waals surface area contributed by atoms with Gasteiger partial charge < -0.3 is 4.55 Å². The summed E-state index contributed by atoms with van der Waals surface area (Å²) >= 11 is 0. The van der Waals surface area contributed by atoms with Gasteiger partial charge in [-0.2, -0.15) is 0 Å². The topological polar surface area (TPSA) is 109 Å². The number of rotatable bonds is 1. The van der Waals surface area contributed by atoms with E-state index in [2.05, 4.69) is 11.1 Å². The van der Waals surface area contributed by atoms with Crippen LogP contribution in [0.5, 0.6) is 0 Å². The summed E-state index contributed by atoms with van der Waals surface area (Å²) in [6, 6.07) is 5.78. The van der Waals surface area contributed by atoms with E-state index < -0.39 is 10.1 Å². The Morgan fingerprint density at radius 1 is 1.36 bits per heavy atom. The summed E-state index contributed by atoms with van der Waals surface area (Å²) in [5.74, 6) is 0. The first kappa shape index (κ1) is 12.6. The van der Waals surface area contributed by atoms with Crippen LogP contribution in [0.4, 0.5) is 0 Å². The highest BCUT2D eigenvalue weighted by Crippen LogP contribution is 2.08. The molecule has 1 aromatic rings. The van der Waals surface area contributed by atoms with Crippen molar-refractivity contribution in [3.8, 4) is 0 Å². The smallest absolute Gasteiger partial charge is 0.225 e. The fourth-order valence-corrected chi connectivity index (χ4v) is 1.17. The minimum absolute atomic E-state index is 0.178. The van der Waals surface area contributed by atoms with Gasteiger partial charge in [-0.05, 0) is 19.1 Å². The number of hydrogen-bond acceptors (Lipinski definition) is 3. The molecular formula is C8H12N2O3S. The van der Waals surface area contributed by atoms with Crippen LogP contribution in [0.15, 0.2) is 29.2 Å². The molecule has 0 saturated heterocycles. The Labute approximate surface area is 82.8 Å². The Kier molecular flexibility index (Phi) is 4.82. The van der Waals surface area contributed by atoms with Crippen LogP contribution in [0.2, 0.25) is 0 Å². The number of benzene rings is 1. The lowest BCUT2D eigenvalue weighted by Gasteiger charge is -2.05. The molecule has 0 aliphatic rings. The Morgan fingerprint density at radius 3 is 2.00 bits per heavy atom. The summed E-state index contributed by atoms with van der Waals surface area (Å²) in [7, 11) is -4.27. The van der Waals surface area contributed by atoms with Crippen molar-refractivity contribution in [2.24, 2.45) is 5.73 Å². The van der Waals surface area contributed by atoms with Crippen LogP contribution in [0.3, 0.4) is 0 Å². The maximum Gasteiger partial charge on any atom is 0.225 e. The average molecular weight is 216 g/mol. The van der Waals surface area contributed by atoms with Gasteiger partial charge in [0.25, 0.3) is 0 Å². The molecule has 6 heteroatoms. The highest BCUT2D eigenvalue weighted by atomic mass is 32.2. The van der Waals surface area contributed by atoms with Crippen molar-refractivity contribution in [3.05, 3.63) is 29.8 Å². The first-order valence-corrected chi connectivity index (χ1v) is 5.10. The van der Waals surface area contributed by atoms with Crippen molar-refractivity contribution in [2.75, 3.05) is 0 Å². The van der Waals surface area contributed by atoms with Gasteiger partial charge in [0, 0.05) is 0 Å². The predicted molar refractivity (Wildman–Crippen MR) is 51.3 cm³/mol. The van der Waals surface area contributed by atoms with Crippen molar-refractivity contribution in [1.82, 2.24) is 0 Å². The quantitative estimate of drug-likeness (QED) is 0.343. The minimum Gasteiger partial charge on any atom is -0.744 e. The second-order valence-corrected chi connectivity index (χ2v) is 3.84. The summed E-state index contributed by atoms with van der Waals surface area (Å²) < 4.78 is 31.2. The fourth-order valence-electron chi connectivity index (χ4n) is 0.705. The monoisotopic (exact) mass is 216 g/mol. The lowest BCUT2D eigenvalue weighted by molar-refractivity contribution is -0.106. The predicted octanol–water partition coefficient (Wildman–Crippen LogP) is -1.37. The van der Waals surface area contributed by atoms with E-state index in [0.29, 0.717) is 0 Å². The first-order valence-electron chi connectivity index (χ1n) is 3.69. The largest absolute Gasteiger partial charge is 0.744 e. The molecule has 14 heavy (non-hydrogen) atoms. The Morgan fingerprint density at radius 2 is 1.71 bits per heavy atom. The summed E-state index contributed by atoms with van der Waals surface area (Å²) in [5.41, 5.74) is 5.43. The Hall–Kier alpha value is -1.40. The van der Waals surface area contributed by atoms with Crippen molar-refractivity contribution < 1.29 is 18.4 Å². The van der Waals surface area contributed by atoms with E-state index >= 15 is 0 Å². The van der Waals surface area contributed by atoms with Crippen LogP contribution >= 0.6 is 0 Å². The molecule has 78 valence electrons. The standard InChI is InChI=1S/C7H8O3S.CH4N2/c1-6-2-4-7(5-3-6)11(8,9)10;2-1-3/h2-5H,1H3,(H,8,9,10);1H,(H3,2,3). The van der Waals surface area contributed by atoms with Gasteiger partial charge in [-0.25, -0.2) is 8.42 Å². The maximum atomic E-state index is 10.4. The van der Waals surface area contributed by atoms with Gasteiger partial charge in [-0.15, -0.1) is 0 Å². The summed E-state index contributed by atoms with van der Waals surface area (Å²) in [6.07, 6.45) is 1.00. The van der Waals surface area contributed by atoms with E-state index in [-0.39, 0.29) is 4.90 Å². The van der Waals surface area contributed by atoms with E-state index in [9.17, 15) is 13.0 Å². The van der Waals surface area contributed by atoms with Gasteiger partial charge in [-0.3, -0.25) is 11.1 Å². The summed E-state index contributed by atoms with van der Waals surface area (Å²) in [4.78, 5) is -0.178. The zero-order chi connectivity index (χ0) is 11.2. The molecule has 0 radical (unpaired) electrons. The van der Waals surface area contributed by atoms with E-state index in [1.54, 1.807) is 12.1 Å². The fraction of sp³-hybridized carbons (Fsp3) is 0.125. The molecule has 0 bridgehead atoms. The molecule has 5 nitrogen and oxygen atoms in total. The highest BCUT2D eigenvalue weighted by molar-refractivity contribution is 7.85. The van der Waals surface area contributed by atoms with Crippen LogP contribution in [-0.2, 0) is 10.1 Å². The van der Waals surface area contributed by atoms with Gasteiger partial charge in [0.15, 0.2) is 0 Å². The molecule has 4 N–H and O–H groups in total. The summed E-state index contributed by atoms with van der Waals surface area (Å²) in [5, 5.41) is 4.50. The van der Waals surface area contributed by atoms with Crippen LogP contribution in [0, 0.1) is 6.92 Å². The molecule has 0 saturated carbocycles. The van der Waals surface area contributed by atoms with E-state index in [4.69, 9.17) is 0 Å². The molecule has 0 aromatic heterocycles. The number of hydrogen-bond donors (Lipinski definition) is 2. The maximum absolute atomic E-state index is 10.4. The van der Waals surface area contributed by atoms with E-state index in [0.717, 1.165) is 11.9 Å². The molecule has 0 fully saturated rings. The SMILES string of the molecule is Cc1ccc(S(=O)(=O)[O-])cc1.NC=[NH2+]. The Balaban J connectivity index is 0.000000500. The third-order valence-electron chi connectivity index (χ3n) is 1.31. The van der Waals surface area contributed by atoms with Crippen molar-refractivity contribution in [1.29, 1.82) is 0 Å². The lowest BCUT2D eigenvalue weighted by Crippen LogP contribution is -2.33. The molecule has 0 atom stereocenters. The van der Waals surface area contributed by atoms with Crippen LogP contribution in [0.1, 0.15) is 5.56 Å². The van der Waals surface area contributed by atoms with Crippen LogP contribution < -0.4 is 11.1 Å². The third-order valence-corrected chi connectivity index (χ3v) is 2.16. The molecular weight excluding hydrogens is 204 g/mol. The lowest BCUT2D eigenvalue weighted by atomic mass is 10.2. The summed E-state index contributed by atoms with van der Waals surface area (Å²) in [6.45, 7) is 1.82. The zero-order valence-electron chi connectivity index (χ0n) is 7.67. The Bertz CT molecular complexity index is 384. The van der Waals surface area contributed by atoms with Crippen molar-refractivity contribution >= 4 is 16.5 Å². The van der Waals surface area contributed by atoms with Crippen molar-refractivity contribution in [3.63, 3.8) is 0 Å². The molecule has 0 spiro atoms. The average Bonchev–Trinajstić information content (AvgIpc) is 2.04. The van der Waals surface area contributed by atoms with E-state index in [1.807, 2.05) is 6.92 Å². The number of nitrogens with two attached hydrogens (primary N) is 2. The minimum atomic E-state index is -4.27. The van der Waals surface area contributed by atoms with Gasteiger partial charge in [0.05, 0.1) is 4.90 Å². The van der Waals surface area contributed by atoms with Crippen LogP contribution in [-0.4, -0.2) is 19.3 Å². The normalized spacial score (nSPS) is 9.86. The molecule has 1 aromatic carbocycles. The molecule has 0 aliphatic carbocycles. The van der Waals surface area contributed by atoms with E-state index in [1.165, 1.54) is 12.1 Å². The van der Waals surface area contributed by atoms with Gasteiger partial charge >= 0.3 is 0 Å². The molecule has 0 amide bonds. The van der Waals surface area contributed by atoms with Gasteiger partial charge in [0.2, 0.25) is 6.34 Å². The zero-order valence-corrected chi connectivity index (χ0v) is 8.49. The van der Waals surface area contributed by atoms with Crippen molar-refractivity contribution in [2.45, 2.75) is 11.8 Å². The number of aryl methyl sites for hydroxylation is 1. The first-order chi connectivity index (χ1) is 6.41. The third kappa shape index (κ3) is 4.58. The van der Waals surface area contributed by atoms with Gasteiger partial charge in [0.1, 0.15) is 10.1 Å². The van der Waals surface area contributed by atoms with Crippen LogP contribution in [0.25, 0.3) is 0 Å². The second kappa shape index (κ2) is 5.36. The van der Waals surface area contributed by atoms with Gasteiger partial charge in [-0.1, -0.05) is 17.7 Å².